The number of hydrogen-bond acceptors (Lipinski definition) is 3. The van der Waals surface area contributed by atoms with Gasteiger partial charge in [0.15, 0.2) is 0 Å². The molecule has 2 rings (SSSR count). The van der Waals surface area contributed by atoms with E-state index in [1.807, 2.05) is 38.1 Å². The summed E-state index contributed by atoms with van der Waals surface area (Å²) in [7, 11) is 0. The first-order valence-corrected chi connectivity index (χ1v) is 6.30. The van der Waals surface area contributed by atoms with Crippen LogP contribution in [0.3, 0.4) is 0 Å². The Morgan fingerprint density at radius 2 is 2.00 bits per heavy atom. The van der Waals surface area contributed by atoms with Crippen LogP contribution >= 0.6 is 15.9 Å². The van der Waals surface area contributed by atoms with Gasteiger partial charge in [0, 0.05) is 10.2 Å². The minimum Gasteiger partial charge on any atom is -0.338 e. The summed E-state index contributed by atoms with van der Waals surface area (Å²) in [5.74, 6) is 0.585. The molecule has 4 heteroatoms. The molecule has 1 aromatic carbocycles. The van der Waals surface area contributed by atoms with Crippen LogP contribution in [0.2, 0.25) is 0 Å². The first-order chi connectivity index (χ1) is 8.60. The molecular weight excluding hydrogens is 290 g/mol. The second-order valence-electron chi connectivity index (χ2n) is 4.07. The lowest BCUT2D eigenvalue weighted by Gasteiger charge is -2.10. The summed E-state index contributed by atoms with van der Waals surface area (Å²) in [5.41, 5.74) is 3.48. The number of pyridine rings is 1. The molecule has 1 heterocycles. The summed E-state index contributed by atoms with van der Waals surface area (Å²) >= 11 is 3.50. The van der Waals surface area contributed by atoms with E-state index in [0.717, 1.165) is 15.9 Å². The zero-order valence-electron chi connectivity index (χ0n) is 10.2. The summed E-state index contributed by atoms with van der Waals surface area (Å²) < 4.78 is 0.953. The number of anilines is 2. The monoisotopic (exact) mass is 301 g/mol. The van der Waals surface area contributed by atoms with Gasteiger partial charge < -0.3 is 5.32 Å². The van der Waals surface area contributed by atoms with E-state index in [2.05, 4.69) is 32.3 Å². The number of nitrogens with zero attached hydrogens (tertiary/aromatic N) is 2. The van der Waals surface area contributed by atoms with Crippen molar-refractivity contribution in [2.45, 2.75) is 13.8 Å². The van der Waals surface area contributed by atoms with Crippen molar-refractivity contribution in [1.82, 2.24) is 4.98 Å². The predicted octanol–water partition coefficient (Wildman–Crippen LogP) is 4.08. The zero-order chi connectivity index (χ0) is 13.1. The molecule has 0 saturated heterocycles. The van der Waals surface area contributed by atoms with Gasteiger partial charge in [-0.1, -0.05) is 6.07 Å². The van der Waals surface area contributed by atoms with Crippen LogP contribution in [-0.4, -0.2) is 4.98 Å². The van der Waals surface area contributed by atoms with E-state index in [-0.39, 0.29) is 0 Å². The highest BCUT2D eigenvalue weighted by Crippen LogP contribution is 2.27. The van der Waals surface area contributed by atoms with E-state index < -0.39 is 0 Å². The predicted molar refractivity (Wildman–Crippen MR) is 75.9 cm³/mol. The van der Waals surface area contributed by atoms with Crippen LogP contribution in [0.1, 0.15) is 16.8 Å². The highest BCUT2D eigenvalue weighted by Gasteiger charge is 2.06. The van der Waals surface area contributed by atoms with Gasteiger partial charge in [-0.3, -0.25) is 0 Å². The SMILES string of the molecule is Cc1ccc(Nc2nc(C)ccc2C#N)c(Br)c1. The van der Waals surface area contributed by atoms with Crippen LogP contribution in [0.15, 0.2) is 34.8 Å². The van der Waals surface area contributed by atoms with Crippen molar-refractivity contribution in [3.63, 3.8) is 0 Å². The van der Waals surface area contributed by atoms with Gasteiger partial charge >= 0.3 is 0 Å². The Bertz CT molecular complexity index is 629. The number of nitriles is 1. The average Bonchev–Trinajstić information content (AvgIpc) is 2.33. The van der Waals surface area contributed by atoms with Crippen LogP contribution in [0, 0.1) is 25.2 Å². The molecule has 0 unspecified atom stereocenters. The smallest absolute Gasteiger partial charge is 0.148 e. The van der Waals surface area contributed by atoms with Gasteiger partial charge in [0.1, 0.15) is 11.9 Å². The maximum atomic E-state index is 9.06. The van der Waals surface area contributed by atoms with Crippen LogP contribution in [-0.2, 0) is 0 Å². The fraction of sp³-hybridized carbons (Fsp3) is 0.143. The standard InChI is InChI=1S/C14H12BrN3/c1-9-3-6-13(12(15)7-9)18-14-11(8-16)5-4-10(2)17-14/h3-7H,1-2H3,(H,17,18). The molecule has 0 saturated carbocycles. The first kappa shape index (κ1) is 12.6. The van der Waals surface area contributed by atoms with E-state index in [1.54, 1.807) is 6.07 Å². The molecule has 0 amide bonds. The van der Waals surface area contributed by atoms with E-state index >= 15 is 0 Å². The lowest BCUT2D eigenvalue weighted by atomic mass is 10.2. The Balaban J connectivity index is 2.40. The fourth-order valence-electron chi connectivity index (χ4n) is 1.59. The van der Waals surface area contributed by atoms with Gasteiger partial charge in [-0.05, 0) is 59.6 Å². The minimum absolute atomic E-state index is 0.535. The lowest BCUT2D eigenvalue weighted by Crippen LogP contribution is -1.99. The summed E-state index contributed by atoms with van der Waals surface area (Å²) in [5, 5.41) is 12.2. The number of nitrogens with one attached hydrogen (secondary N) is 1. The summed E-state index contributed by atoms with van der Waals surface area (Å²) in [6.07, 6.45) is 0. The normalized spacial score (nSPS) is 9.89. The number of aryl methyl sites for hydroxylation is 2. The second-order valence-corrected chi connectivity index (χ2v) is 4.92. The summed E-state index contributed by atoms with van der Waals surface area (Å²) in [6, 6.07) is 11.7. The third-order valence-electron chi connectivity index (χ3n) is 2.53. The Hall–Kier alpha value is -1.86. The fourth-order valence-corrected chi connectivity index (χ4v) is 2.18. The van der Waals surface area contributed by atoms with Crippen LogP contribution in [0.5, 0.6) is 0 Å². The highest BCUT2D eigenvalue weighted by molar-refractivity contribution is 9.10. The number of aromatic nitrogens is 1. The van der Waals surface area contributed by atoms with Gasteiger partial charge in [-0.2, -0.15) is 5.26 Å². The molecule has 0 fully saturated rings. The Kier molecular flexibility index (Phi) is 3.63. The molecule has 0 spiro atoms. The second kappa shape index (κ2) is 5.19. The van der Waals surface area contributed by atoms with E-state index in [1.165, 1.54) is 5.56 Å². The van der Waals surface area contributed by atoms with Crippen molar-refractivity contribution in [3.05, 3.63) is 51.6 Å². The highest BCUT2D eigenvalue weighted by atomic mass is 79.9. The van der Waals surface area contributed by atoms with Gasteiger partial charge in [0.05, 0.1) is 11.3 Å². The molecule has 0 atom stereocenters. The Labute approximate surface area is 115 Å². The molecule has 0 aliphatic heterocycles. The quantitative estimate of drug-likeness (QED) is 0.909. The van der Waals surface area contributed by atoms with E-state index in [4.69, 9.17) is 5.26 Å². The van der Waals surface area contributed by atoms with Crippen molar-refractivity contribution in [3.8, 4) is 6.07 Å². The molecule has 1 aromatic heterocycles. The first-order valence-electron chi connectivity index (χ1n) is 5.51. The van der Waals surface area contributed by atoms with Crippen molar-refractivity contribution in [1.29, 1.82) is 5.26 Å². The number of rotatable bonds is 2. The molecule has 18 heavy (non-hydrogen) atoms. The molecule has 2 aromatic rings. The van der Waals surface area contributed by atoms with Gasteiger partial charge in [-0.15, -0.1) is 0 Å². The molecule has 1 N–H and O–H groups in total. The van der Waals surface area contributed by atoms with Crippen molar-refractivity contribution < 1.29 is 0 Å². The molecular formula is C14H12BrN3. The van der Waals surface area contributed by atoms with E-state index in [9.17, 15) is 0 Å². The van der Waals surface area contributed by atoms with Crippen LogP contribution in [0.4, 0.5) is 11.5 Å². The summed E-state index contributed by atoms with van der Waals surface area (Å²) in [4.78, 5) is 4.35. The molecule has 0 aliphatic rings. The van der Waals surface area contributed by atoms with Crippen molar-refractivity contribution in [2.75, 3.05) is 5.32 Å². The molecule has 0 radical (unpaired) electrons. The van der Waals surface area contributed by atoms with Crippen molar-refractivity contribution in [2.24, 2.45) is 0 Å². The average molecular weight is 302 g/mol. The Morgan fingerprint density at radius 1 is 1.22 bits per heavy atom. The lowest BCUT2D eigenvalue weighted by molar-refractivity contribution is 1.18. The maximum Gasteiger partial charge on any atom is 0.148 e. The third kappa shape index (κ3) is 2.69. The van der Waals surface area contributed by atoms with Crippen molar-refractivity contribution >= 4 is 27.4 Å². The number of benzene rings is 1. The topological polar surface area (TPSA) is 48.7 Å². The Morgan fingerprint density at radius 3 is 2.67 bits per heavy atom. The minimum atomic E-state index is 0.535. The molecule has 90 valence electrons. The van der Waals surface area contributed by atoms with Crippen LogP contribution < -0.4 is 5.32 Å². The largest absolute Gasteiger partial charge is 0.338 e. The van der Waals surface area contributed by atoms with E-state index in [0.29, 0.717) is 11.4 Å². The molecule has 3 nitrogen and oxygen atoms in total. The van der Waals surface area contributed by atoms with Gasteiger partial charge in [0.2, 0.25) is 0 Å². The zero-order valence-corrected chi connectivity index (χ0v) is 11.7. The van der Waals surface area contributed by atoms with Gasteiger partial charge in [-0.25, -0.2) is 4.98 Å². The molecule has 0 bridgehead atoms. The number of halogens is 1. The van der Waals surface area contributed by atoms with Gasteiger partial charge in [0.25, 0.3) is 0 Å². The van der Waals surface area contributed by atoms with Crippen LogP contribution in [0.25, 0.3) is 0 Å². The number of hydrogen-bond donors (Lipinski definition) is 1. The third-order valence-corrected chi connectivity index (χ3v) is 3.19. The maximum absolute atomic E-state index is 9.06. The molecule has 0 aliphatic carbocycles. The summed E-state index contributed by atoms with van der Waals surface area (Å²) in [6.45, 7) is 3.93.